The number of aliphatic hydroxyl groups is 1. The zero-order valence-corrected chi connectivity index (χ0v) is 11.8. The summed E-state index contributed by atoms with van der Waals surface area (Å²) in [5, 5.41) is 13.3. The third-order valence-electron chi connectivity index (χ3n) is 3.93. The molecule has 19 heavy (non-hydrogen) atoms. The highest BCUT2D eigenvalue weighted by atomic mass is 16.5. The molecule has 1 saturated carbocycles. The van der Waals surface area contributed by atoms with Crippen molar-refractivity contribution in [2.45, 2.75) is 38.7 Å². The maximum absolute atomic E-state index is 9.88. The lowest BCUT2D eigenvalue weighted by atomic mass is 9.89. The van der Waals surface area contributed by atoms with Crippen LogP contribution >= 0.6 is 0 Å². The second-order valence-electron chi connectivity index (χ2n) is 5.93. The number of para-hydroxylation sites is 1. The Morgan fingerprint density at radius 1 is 1.26 bits per heavy atom. The lowest BCUT2D eigenvalue weighted by molar-refractivity contribution is 0.103. The lowest BCUT2D eigenvalue weighted by Crippen LogP contribution is -2.37. The first-order valence-corrected chi connectivity index (χ1v) is 7.25. The summed E-state index contributed by atoms with van der Waals surface area (Å²) in [6.45, 7) is 4.27. The van der Waals surface area contributed by atoms with E-state index in [1.165, 1.54) is 25.7 Å². The van der Waals surface area contributed by atoms with E-state index in [2.05, 4.69) is 12.2 Å². The summed E-state index contributed by atoms with van der Waals surface area (Å²) in [7, 11) is 0. The van der Waals surface area contributed by atoms with Crippen LogP contribution in [-0.4, -0.2) is 30.9 Å². The van der Waals surface area contributed by atoms with E-state index in [1.54, 1.807) is 0 Å². The standard InChI is InChI=1S/C16H25NO2/c1-16(9-5-6-10-16)13-17-11-14(18)12-19-15-7-3-2-4-8-15/h2-4,7-8,14,17-18H,5-6,9-13H2,1H3. The van der Waals surface area contributed by atoms with E-state index in [9.17, 15) is 5.11 Å². The highest BCUT2D eigenvalue weighted by Gasteiger charge is 2.28. The summed E-state index contributed by atoms with van der Waals surface area (Å²) >= 11 is 0. The molecule has 1 fully saturated rings. The number of nitrogens with one attached hydrogen (secondary N) is 1. The molecule has 1 atom stereocenters. The molecule has 0 bridgehead atoms. The predicted molar refractivity (Wildman–Crippen MR) is 77.4 cm³/mol. The molecule has 0 spiro atoms. The van der Waals surface area contributed by atoms with Gasteiger partial charge in [-0.3, -0.25) is 0 Å². The first kappa shape index (κ1) is 14.4. The molecule has 2 N–H and O–H groups in total. The Morgan fingerprint density at radius 2 is 1.95 bits per heavy atom. The average Bonchev–Trinajstić information content (AvgIpc) is 2.85. The summed E-state index contributed by atoms with van der Waals surface area (Å²) in [5.74, 6) is 0.810. The molecule has 0 aliphatic heterocycles. The van der Waals surface area contributed by atoms with Crippen molar-refractivity contribution < 1.29 is 9.84 Å². The van der Waals surface area contributed by atoms with Gasteiger partial charge in [-0.15, -0.1) is 0 Å². The minimum absolute atomic E-state index is 0.341. The molecule has 0 radical (unpaired) electrons. The van der Waals surface area contributed by atoms with Gasteiger partial charge in [-0.05, 0) is 30.4 Å². The number of hydrogen-bond donors (Lipinski definition) is 2. The molecular formula is C16H25NO2. The van der Waals surface area contributed by atoms with Crippen LogP contribution in [-0.2, 0) is 0 Å². The second-order valence-corrected chi connectivity index (χ2v) is 5.93. The molecule has 0 heterocycles. The Morgan fingerprint density at radius 3 is 2.63 bits per heavy atom. The van der Waals surface area contributed by atoms with Gasteiger partial charge >= 0.3 is 0 Å². The van der Waals surface area contributed by atoms with Crippen molar-refractivity contribution in [2.24, 2.45) is 5.41 Å². The van der Waals surface area contributed by atoms with Crippen LogP contribution in [0.15, 0.2) is 30.3 Å². The van der Waals surface area contributed by atoms with Crippen LogP contribution in [0.3, 0.4) is 0 Å². The van der Waals surface area contributed by atoms with Crippen LogP contribution in [0.25, 0.3) is 0 Å². The van der Waals surface area contributed by atoms with Crippen LogP contribution in [0.4, 0.5) is 0 Å². The molecule has 1 aromatic carbocycles. The maximum atomic E-state index is 9.88. The van der Waals surface area contributed by atoms with Gasteiger partial charge in [0.05, 0.1) is 0 Å². The quantitative estimate of drug-likeness (QED) is 0.794. The number of ether oxygens (including phenoxy) is 1. The molecule has 1 aliphatic carbocycles. The second kappa shape index (κ2) is 6.92. The Labute approximate surface area is 116 Å². The number of rotatable bonds is 7. The molecule has 3 heteroatoms. The normalized spacial score (nSPS) is 19.3. The fourth-order valence-corrected chi connectivity index (χ4v) is 2.71. The molecule has 1 aliphatic rings. The van der Waals surface area contributed by atoms with Crippen molar-refractivity contribution in [3.05, 3.63) is 30.3 Å². The summed E-state index contributed by atoms with van der Waals surface area (Å²) in [4.78, 5) is 0. The zero-order valence-electron chi connectivity index (χ0n) is 11.8. The van der Waals surface area contributed by atoms with Gasteiger partial charge in [0.1, 0.15) is 18.5 Å². The minimum atomic E-state index is -0.454. The van der Waals surface area contributed by atoms with Crippen molar-refractivity contribution in [2.75, 3.05) is 19.7 Å². The number of benzene rings is 1. The van der Waals surface area contributed by atoms with Gasteiger partial charge in [0.2, 0.25) is 0 Å². The smallest absolute Gasteiger partial charge is 0.119 e. The van der Waals surface area contributed by atoms with E-state index < -0.39 is 6.10 Å². The van der Waals surface area contributed by atoms with Crippen LogP contribution < -0.4 is 10.1 Å². The van der Waals surface area contributed by atoms with Gasteiger partial charge in [0.15, 0.2) is 0 Å². The average molecular weight is 263 g/mol. The maximum Gasteiger partial charge on any atom is 0.119 e. The van der Waals surface area contributed by atoms with E-state index >= 15 is 0 Å². The molecule has 0 amide bonds. The molecule has 106 valence electrons. The molecule has 3 nitrogen and oxygen atoms in total. The molecule has 0 aromatic heterocycles. The van der Waals surface area contributed by atoms with E-state index in [1.807, 2.05) is 30.3 Å². The van der Waals surface area contributed by atoms with Gasteiger partial charge in [-0.2, -0.15) is 0 Å². The molecule has 2 rings (SSSR count). The van der Waals surface area contributed by atoms with Crippen LogP contribution in [0.5, 0.6) is 5.75 Å². The van der Waals surface area contributed by atoms with Gasteiger partial charge in [0.25, 0.3) is 0 Å². The Balaban J connectivity index is 1.61. The summed E-state index contributed by atoms with van der Waals surface area (Å²) < 4.78 is 5.53. The van der Waals surface area contributed by atoms with Gasteiger partial charge < -0.3 is 15.2 Å². The van der Waals surface area contributed by atoms with E-state index in [-0.39, 0.29) is 0 Å². The first-order chi connectivity index (χ1) is 9.18. The summed E-state index contributed by atoms with van der Waals surface area (Å²) in [6.07, 6.45) is 4.84. The minimum Gasteiger partial charge on any atom is -0.491 e. The predicted octanol–water partition coefficient (Wildman–Crippen LogP) is 2.60. The number of hydrogen-bond acceptors (Lipinski definition) is 3. The van der Waals surface area contributed by atoms with E-state index in [4.69, 9.17) is 4.74 Å². The topological polar surface area (TPSA) is 41.5 Å². The number of aliphatic hydroxyl groups excluding tert-OH is 1. The van der Waals surface area contributed by atoms with Crippen molar-refractivity contribution in [3.63, 3.8) is 0 Å². The van der Waals surface area contributed by atoms with Gasteiger partial charge in [-0.1, -0.05) is 38.0 Å². The van der Waals surface area contributed by atoms with Crippen molar-refractivity contribution in [1.29, 1.82) is 0 Å². The Kier molecular flexibility index (Phi) is 5.23. The molecule has 0 saturated heterocycles. The SMILES string of the molecule is CC1(CNCC(O)COc2ccccc2)CCCC1. The molecule has 1 aromatic rings. The van der Waals surface area contributed by atoms with Gasteiger partial charge in [0, 0.05) is 13.1 Å². The summed E-state index contributed by atoms with van der Waals surface area (Å²) in [5.41, 5.74) is 0.431. The van der Waals surface area contributed by atoms with Crippen LogP contribution in [0.2, 0.25) is 0 Å². The molecule has 1 unspecified atom stereocenters. The first-order valence-electron chi connectivity index (χ1n) is 7.25. The van der Waals surface area contributed by atoms with Crippen LogP contribution in [0, 0.1) is 5.41 Å². The van der Waals surface area contributed by atoms with E-state index in [0.29, 0.717) is 18.6 Å². The van der Waals surface area contributed by atoms with Gasteiger partial charge in [-0.25, -0.2) is 0 Å². The lowest BCUT2D eigenvalue weighted by Gasteiger charge is -2.24. The largest absolute Gasteiger partial charge is 0.491 e. The van der Waals surface area contributed by atoms with Crippen LogP contribution in [0.1, 0.15) is 32.6 Å². The summed E-state index contributed by atoms with van der Waals surface area (Å²) in [6, 6.07) is 9.62. The van der Waals surface area contributed by atoms with E-state index in [0.717, 1.165) is 12.3 Å². The van der Waals surface area contributed by atoms with Crippen molar-refractivity contribution in [3.8, 4) is 5.75 Å². The highest BCUT2D eigenvalue weighted by molar-refractivity contribution is 5.20. The van der Waals surface area contributed by atoms with Crippen molar-refractivity contribution >= 4 is 0 Å². The monoisotopic (exact) mass is 263 g/mol. The molecular weight excluding hydrogens is 238 g/mol. The Bertz CT molecular complexity index is 360. The van der Waals surface area contributed by atoms with Crippen molar-refractivity contribution in [1.82, 2.24) is 5.32 Å². The zero-order chi connectivity index (χ0) is 13.6. The third kappa shape index (κ3) is 4.84. The fourth-order valence-electron chi connectivity index (χ4n) is 2.71. The Hall–Kier alpha value is -1.06. The highest BCUT2D eigenvalue weighted by Crippen LogP contribution is 2.36. The third-order valence-corrected chi connectivity index (χ3v) is 3.93. The fraction of sp³-hybridized carbons (Fsp3) is 0.625.